The Labute approximate surface area is 154 Å². The molecule has 10 heteroatoms. The summed E-state index contributed by atoms with van der Waals surface area (Å²) in [6.45, 7) is 1.01. The smallest absolute Gasteiger partial charge is 0.336 e. The third-order valence-electron chi connectivity index (χ3n) is 3.72. The normalized spacial score (nSPS) is 11.5. The van der Waals surface area contributed by atoms with E-state index in [9.17, 15) is 22.8 Å². The maximum absolute atomic E-state index is 12.6. The lowest BCUT2D eigenvalue weighted by atomic mass is 10.2. The molecule has 2 rings (SSSR count). The Balaban J connectivity index is 2.01. The number of hydrogen-bond donors (Lipinski definition) is 1. The van der Waals surface area contributed by atoms with Crippen molar-refractivity contribution in [2.24, 2.45) is 0 Å². The lowest BCUT2D eigenvalue weighted by Gasteiger charge is -2.18. The molecular formula is C17H20F3N5O2. The molecule has 1 N–H and O–H groups in total. The molecule has 0 aliphatic heterocycles. The fraction of sp³-hybridized carbons (Fsp3) is 0.353. The van der Waals surface area contributed by atoms with Crippen molar-refractivity contribution in [3.8, 4) is 5.69 Å². The fourth-order valence-corrected chi connectivity index (χ4v) is 2.14. The van der Waals surface area contributed by atoms with Gasteiger partial charge in [0.25, 0.3) is 0 Å². The van der Waals surface area contributed by atoms with E-state index < -0.39 is 23.6 Å². The Hall–Kier alpha value is -2.88. The molecule has 27 heavy (non-hydrogen) atoms. The van der Waals surface area contributed by atoms with Crippen molar-refractivity contribution in [2.75, 3.05) is 39.5 Å². The molecular weight excluding hydrogens is 363 g/mol. The molecule has 0 aliphatic carbocycles. The zero-order valence-corrected chi connectivity index (χ0v) is 15.1. The first-order valence-corrected chi connectivity index (χ1v) is 8.01. The number of carbonyl (C=O) groups is 2. The fourth-order valence-electron chi connectivity index (χ4n) is 2.14. The molecule has 0 bridgehead atoms. The Morgan fingerprint density at radius 1 is 1.11 bits per heavy atom. The predicted molar refractivity (Wildman–Crippen MR) is 93.4 cm³/mol. The molecule has 0 saturated carbocycles. The first-order chi connectivity index (χ1) is 12.6. The second-order valence-corrected chi connectivity index (χ2v) is 6.20. The molecule has 1 aromatic carbocycles. The molecule has 0 atom stereocenters. The third kappa shape index (κ3) is 5.55. The summed E-state index contributed by atoms with van der Waals surface area (Å²) in [4.78, 5) is 27.2. The molecule has 2 amide bonds. The number of amides is 2. The summed E-state index contributed by atoms with van der Waals surface area (Å²) in [7, 11) is 5.24. The number of rotatable bonds is 5. The van der Waals surface area contributed by atoms with Crippen LogP contribution >= 0.6 is 0 Å². The van der Waals surface area contributed by atoms with E-state index in [0.717, 1.165) is 12.1 Å². The van der Waals surface area contributed by atoms with E-state index in [1.807, 2.05) is 19.0 Å². The Kier molecular flexibility index (Phi) is 6.21. The van der Waals surface area contributed by atoms with Gasteiger partial charge < -0.3 is 15.1 Å². The quantitative estimate of drug-likeness (QED) is 0.800. The van der Waals surface area contributed by atoms with Gasteiger partial charge in [-0.25, -0.2) is 4.68 Å². The standard InChI is InChI=1S/C17H20F3N5O2/c1-23(2)8-9-24(3)16(27)15(26)22-13-10-21-25(11-13)14-6-4-12(5-7-14)17(18,19)20/h4-7,10-11H,8-9H2,1-3H3,(H,22,26). The number of likely N-dealkylation sites (N-methyl/N-ethyl adjacent to an activating group) is 2. The van der Waals surface area contributed by atoms with Crippen LogP contribution in [0.25, 0.3) is 5.69 Å². The Morgan fingerprint density at radius 2 is 1.74 bits per heavy atom. The van der Waals surface area contributed by atoms with Crippen LogP contribution in [0.4, 0.5) is 18.9 Å². The number of nitrogens with one attached hydrogen (secondary N) is 1. The minimum Gasteiger partial charge on any atom is -0.336 e. The minimum atomic E-state index is -4.42. The molecule has 0 fully saturated rings. The first-order valence-electron chi connectivity index (χ1n) is 8.01. The van der Waals surface area contributed by atoms with Gasteiger partial charge in [-0.15, -0.1) is 0 Å². The maximum atomic E-state index is 12.6. The SMILES string of the molecule is CN(C)CCN(C)C(=O)C(=O)Nc1cnn(-c2ccc(C(F)(F)F)cc2)c1. The van der Waals surface area contributed by atoms with Crippen molar-refractivity contribution in [1.29, 1.82) is 0 Å². The van der Waals surface area contributed by atoms with E-state index in [0.29, 0.717) is 18.8 Å². The number of aromatic nitrogens is 2. The second kappa shape index (κ2) is 8.21. The number of hydrogen-bond acceptors (Lipinski definition) is 4. The highest BCUT2D eigenvalue weighted by Crippen LogP contribution is 2.29. The van der Waals surface area contributed by atoms with Gasteiger partial charge >= 0.3 is 18.0 Å². The van der Waals surface area contributed by atoms with E-state index in [1.54, 1.807) is 0 Å². The van der Waals surface area contributed by atoms with Gasteiger partial charge in [-0.1, -0.05) is 0 Å². The van der Waals surface area contributed by atoms with Gasteiger partial charge in [-0.2, -0.15) is 18.3 Å². The molecule has 1 aromatic heterocycles. The van der Waals surface area contributed by atoms with Crippen molar-refractivity contribution >= 4 is 17.5 Å². The lowest BCUT2D eigenvalue weighted by molar-refractivity contribution is -0.142. The summed E-state index contributed by atoms with van der Waals surface area (Å²) in [5.41, 5.74) is -0.120. The van der Waals surface area contributed by atoms with E-state index in [4.69, 9.17) is 0 Å². The second-order valence-electron chi connectivity index (χ2n) is 6.20. The summed E-state index contributed by atoms with van der Waals surface area (Å²) in [5.74, 6) is -1.51. The Bertz CT molecular complexity index is 800. The summed E-state index contributed by atoms with van der Waals surface area (Å²) >= 11 is 0. The monoisotopic (exact) mass is 383 g/mol. The largest absolute Gasteiger partial charge is 0.416 e. The average Bonchev–Trinajstić information content (AvgIpc) is 3.06. The van der Waals surface area contributed by atoms with Crippen LogP contribution in [0.5, 0.6) is 0 Å². The van der Waals surface area contributed by atoms with Gasteiger partial charge in [0.1, 0.15) is 0 Å². The maximum Gasteiger partial charge on any atom is 0.416 e. The van der Waals surface area contributed by atoms with E-state index >= 15 is 0 Å². The van der Waals surface area contributed by atoms with Crippen molar-refractivity contribution in [3.63, 3.8) is 0 Å². The molecule has 146 valence electrons. The molecule has 0 aliphatic rings. The van der Waals surface area contributed by atoms with Gasteiger partial charge in [0.05, 0.1) is 29.3 Å². The average molecular weight is 383 g/mol. The van der Waals surface area contributed by atoms with Gasteiger partial charge in [-0.3, -0.25) is 9.59 Å². The molecule has 2 aromatic rings. The van der Waals surface area contributed by atoms with Crippen molar-refractivity contribution in [3.05, 3.63) is 42.2 Å². The van der Waals surface area contributed by atoms with Crippen LogP contribution in [0.3, 0.4) is 0 Å². The van der Waals surface area contributed by atoms with Crippen LogP contribution in [-0.2, 0) is 15.8 Å². The zero-order chi connectivity index (χ0) is 20.2. The highest BCUT2D eigenvalue weighted by molar-refractivity contribution is 6.39. The molecule has 0 spiro atoms. The summed E-state index contributed by atoms with van der Waals surface area (Å²) < 4.78 is 39.1. The topological polar surface area (TPSA) is 70.5 Å². The van der Waals surface area contributed by atoms with Crippen LogP contribution < -0.4 is 5.32 Å². The number of benzene rings is 1. The van der Waals surface area contributed by atoms with Gasteiger partial charge in [0.15, 0.2) is 0 Å². The van der Waals surface area contributed by atoms with Gasteiger partial charge in [0.2, 0.25) is 0 Å². The predicted octanol–water partition coefficient (Wildman–Crippen LogP) is 1.85. The van der Waals surface area contributed by atoms with E-state index in [2.05, 4.69) is 10.4 Å². The van der Waals surface area contributed by atoms with Crippen LogP contribution in [-0.4, -0.2) is 65.6 Å². The van der Waals surface area contributed by atoms with Crippen molar-refractivity contribution in [2.45, 2.75) is 6.18 Å². The summed E-state index contributed by atoms with van der Waals surface area (Å²) in [5, 5.41) is 6.41. The highest BCUT2D eigenvalue weighted by Gasteiger charge is 2.30. The number of halogens is 3. The van der Waals surface area contributed by atoms with E-state index in [-0.39, 0.29) is 5.69 Å². The zero-order valence-electron chi connectivity index (χ0n) is 15.1. The minimum absolute atomic E-state index is 0.259. The van der Waals surface area contributed by atoms with Crippen LogP contribution in [0.1, 0.15) is 5.56 Å². The van der Waals surface area contributed by atoms with Crippen molar-refractivity contribution in [1.82, 2.24) is 19.6 Å². The van der Waals surface area contributed by atoms with Crippen LogP contribution in [0, 0.1) is 0 Å². The number of anilines is 1. The molecule has 0 saturated heterocycles. The van der Waals surface area contributed by atoms with Crippen LogP contribution in [0.2, 0.25) is 0 Å². The molecule has 0 unspecified atom stereocenters. The summed E-state index contributed by atoms with van der Waals surface area (Å²) in [6.07, 6.45) is -1.70. The third-order valence-corrected chi connectivity index (χ3v) is 3.72. The van der Waals surface area contributed by atoms with Gasteiger partial charge in [0, 0.05) is 20.1 Å². The number of carbonyl (C=O) groups excluding carboxylic acids is 2. The molecule has 7 nitrogen and oxygen atoms in total. The number of alkyl halides is 3. The highest BCUT2D eigenvalue weighted by atomic mass is 19.4. The van der Waals surface area contributed by atoms with Crippen molar-refractivity contribution < 1.29 is 22.8 Å². The Morgan fingerprint density at radius 3 is 2.30 bits per heavy atom. The van der Waals surface area contributed by atoms with Gasteiger partial charge in [-0.05, 0) is 38.4 Å². The number of nitrogens with zero attached hydrogens (tertiary/aromatic N) is 4. The molecule has 0 radical (unpaired) electrons. The van der Waals surface area contributed by atoms with E-state index in [1.165, 1.54) is 41.2 Å². The van der Waals surface area contributed by atoms with Crippen LogP contribution in [0.15, 0.2) is 36.7 Å². The molecule has 1 heterocycles. The lowest BCUT2D eigenvalue weighted by Crippen LogP contribution is -2.40. The first kappa shape index (κ1) is 20.4. The summed E-state index contributed by atoms with van der Waals surface area (Å²) in [6, 6.07) is 4.42.